The van der Waals surface area contributed by atoms with Crippen LogP contribution in [0.3, 0.4) is 0 Å². The van der Waals surface area contributed by atoms with Crippen LogP contribution in [-0.4, -0.2) is 15.7 Å². The Kier molecular flexibility index (Phi) is 4.03. The molecule has 0 radical (unpaired) electrons. The highest BCUT2D eigenvalue weighted by atomic mass is 32.1. The minimum atomic E-state index is -0.378. The van der Waals surface area contributed by atoms with Crippen molar-refractivity contribution in [3.63, 3.8) is 0 Å². The Morgan fingerprint density at radius 3 is 2.81 bits per heavy atom. The molecule has 0 bridgehead atoms. The number of rotatable bonds is 3. The zero-order chi connectivity index (χ0) is 18.1. The van der Waals surface area contributed by atoms with E-state index in [0.29, 0.717) is 22.7 Å². The summed E-state index contributed by atoms with van der Waals surface area (Å²) in [5, 5.41) is 21.8. The van der Waals surface area contributed by atoms with E-state index in [1.165, 1.54) is 6.20 Å². The summed E-state index contributed by atoms with van der Waals surface area (Å²) < 4.78 is 1.71. The molecule has 2 aromatic heterocycles. The van der Waals surface area contributed by atoms with Gasteiger partial charge in [0.1, 0.15) is 23.5 Å². The van der Waals surface area contributed by atoms with E-state index in [1.54, 1.807) is 16.0 Å². The smallest absolute Gasteiger partial charge is 0.255 e. The predicted octanol–water partition coefficient (Wildman–Crippen LogP) is 3.74. The molecule has 1 aromatic carbocycles. The van der Waals surface area contributed by atoms with Crippen LogP contribution < -0.4 is 10.6 Å². The van der Waals surface area contributed by atoms with E-state index in [9.17, 15) is 10.1 Å². The number of nitriles is 1. The van der Waals surface area contributed by atoms with Crippen molar-refractivity contribution in [3.8, 4) is 6.07 Å². The topological polar surface area (TPSA) is 82.7 Å². The standard InChI is InChI=1S/C19H15N5OS/c1-12-16(19(25)23-14-6-3-2-4-7-14)17(15-8-5-9-26-15)24-18(22-12)13(10-20)11-21-24/h2-9,11,17,22H,1H3,(H,23,25)/t17-/m1/s1. The van der Waals surface area contributed by atoms with Crippen LogP contribution in [0.25, 0.3) is 0 Å². The maximum absolute atomic E-state index is 13.1. The van der Waals surface area contributed by atoms with Crippen LogP contribution in [0.2, 0.25) is 0 Å². The maximum atomic E-state index is 13.1. The third-order valence-electron chi connectivity index (χ3n) is 4.23. The van der Waals surface area contributed by atoms with Crippen molar-refractivity contribution in [2.75, 3.05) is 10.6 Å². The van der Waals surface area contributed by atoms with Crippen molar-refractivity contribution in [2.45, 2.75) is 13.0 Å². The summed E-state index contributed by atoms with van der Waals surface area (Å²) in [5.74, 6) is 0.416. The fraction of sp³-hybridized carbons (Fsp3) is 0.105. The first-order chi connectivity index (χ1) is 12.7. The lowest BCUT2D eigenvalue weighted by Crippen LogP contribution is -2.31. The average Bonchev–Trinajstić information content (AvgIpc) is 3.31. The summed E-state index contributed by atoms with van der Waals surface area (Å²) in [6.45, 7) is 1.85. The number of benzene rings is 1. The first-order valence-electron chi connectivity index (χ1n) is 8.04. The number of hydrogen-bond donors (Lipinski definition) is 2. The number of anilines is 2. The normalized spacial score (nSPS) is 15.8. The van der Waals surface area contributed by atoms with Crippen LogP contribution in [0.5, 0.6) is 0 Å². The quantitative estimate of drug-likeness (QED) is 0.744. The molecule has 0 saturated heterocycles. The van der Waals surface area contributed by atoms with Gasteiger partial charge in [0.05, 0.1) is 11.8 Å². The van der Waals surface area contributed by atoms with Gasteiger partial charge in [-0.2, -0.15) is 10.4 Å². The molecule has 1 amide bonds. The minimum absolute atomic E-state index is 0.195. The van der Waals surface area contributed by atoms with Crippen LogP contribution >= 0.6 is 11.3 Å². The van der Waals surface area contributed by atoms with Gasteiger partial charge in [-0.3, -0.25) is 4.79 Å². The summed E-state index contributed by atoms with van der Waals surface area (Å²) in [6.07, 6.45) is 1.52. The summed E-state index contributed by atoms with van der Waals surface area (Å²) in [5.41, 5.74) is 2.47. The molecule has 1 atom stereocenters. The number of thiophene rings is 1. The molecule has 1 aliphatic heterocycles. The molecule has 3 heterocycles. The molecule has 0 spiro atoms. The second-order valence-electron chi connectivity index (χ2n) is 5.87. The molecule has 7 heteroatoms. The largest absolute Gasteiger partial charge is 0.343 e. The average molecular weight is 361 g/mol. The number of nitrogens with zero attached hydrogens (tertiary/aromatic N) is 3. The van der Waals surface area contributed by atoms with Gasteiger partial charge in [0, 0.05) is 16.3 Å². The number of carbonyl (C=O) groups is 1. The van der Waals surface area contributed by atoms with Crippen LogP contribution in [0, 0.1) is 11.3 Å². The molecule has 6 nitrogen and oxygen atoms in total. The van der Waals surface area contributed by atoms with E-state index in [1.807, 2.05) is 54.8 Å². The van der Waals surface area contributed by atoms with E-state index in [-0.39, 0.29) is 11.9 Å². The number of hydrogen-bond acceptors (Lipinski definition) is 5. The Labute approximate surface area is 154 Å². The van der Waals surface area contributed by atoms with Crippen molar-refractivity contribution < 1.29 is 4.79 Å². The van der Waals surface area contributed by atoms with Gasteiger partial charge >= 0.3 is 0 Å². The maximum Gasteiger partial charge on any atom is 0.255 e. The monoisotopic (exact) mass is 361 g/mol. The number of carbonyl (C=O) groups excluding carboxylic acids is 1. The molecule has 0 aliphatic carbocycles. The number of para-hydroxylation sites is 1. The lowest BCUT2D eigenvalue weighted by molar-refractivity contribution is -0.113. The molecule has 3 aromatic rings. The molecule has 128 valence electrons. The second-order valence-corrected chi connectivity index (χ2v) is 6.84. The van der Waals surface area contributed by atoms with E-state index < -0.39 is 0 Å². The Balaban J connectivity index is 1.79. The van der Waals surface area contributed by atoms with Crippen molar-refractivity contribution in [1.29, 1.82) is 5.26 Å². The zero-order valence-electron chi connectivity index (χ0n) is 13.9. The predicted molar refractivity (Wildman–Crippen MR) is 101 cm³/mol. The Morgan fingerprint density at radius 2 is 2.12 bits per heavy atom. The number of aromatic nitrogens is 2. The summed E-state index contributed by atoms with van der Waals surface area (Å²) in [4.78, 5) is 14.0. The third-order valence-corrected chi connectivity index (χ3v) is 5.16. The van der Waals surface area contributed by atoms with Crippen LogP contribution in [0.15, 0.2) is 65.3 Å². The molecular weight excluding hydrogens is 346 g/mol. The Hall–Kier alpha value is -3.37. The highest BCUT2D eigenvalue weighted by Crippen LogP contribution is 2.39. The minimum Gasteiger partial charge on any atom is -0.343 e. The Bertz CT molecular complexity index is 1030. The zero-order valence-corrected chi connectivity index (χ0v) is 14.7. The van der Waals surface area contributed by atoms with Gasteiger partial charge in [0.25, 0.3) is 5.91 Å². The lowest BCUT2D eigenvalue weighted by Gasteiger charge is -2.29. The third kappa shape index (κ3) is 2.66. The van der Waals surface area contributed by atoms with Gasteiger partial charge in [-0.05, 0) is 30.5 Å². The van der Waals surface area contributed by atoms with Gasteiger partial charge in [-0.15, -0.1) is 11.3 Å². The van der Waals surface area contributed by atoms with Crippen molar-refractivity contribution in [2.24, 2.45) is 0 Å². The summed E-state index contributed by atoms with van der Waals surface area (Å²) >= 11 is 1.55. The fourth-order valence-electron chi connectivity index (χ4n) is 3.06. The van der Waals surface area contributed by atoms with E-state index in [0.717, 1.165) is 10.6 Å². The van der Waals surface area contributed by atoms with Gasteiger partial charge in [0.2, 0.25) is 0 Å². The molecule has 26 heavy (non-hydrogen) atoms. The van der Waals surface area contributed by atoms with E-state index >= 15 is 0 Å². The first-order valence-corrected chi connectivity index (χ1v) is 8.92. The first kappa shape index (κ1) is 16.1. The number of amides is 1. The van der Waals surface area contributed by atoms with Crippen molar-refractivity contribution >= 4 is 28.7 Å². The van der Waals surface area contributed by atoms with Crippen LogP contribution in [-0.2, 0) is 4.79 Å². The molecule has 4 rings (SSSR count). The summed E-state index contributed by atoms with van der Waals surface area (Å²) in [6, 6.07) is 15.0. The molecule has 0 unspecified atom stereocenters. The second kappa shape index (κ2) is 6.50. The lowest BCUT2D eigenvalue weighted by atomic mass is 10.00. The summed E-state index contributed by atoms with van der Waals surface area (Å²) in [7, 11) is 0. The van der Waals surface area contributed by atoms with E-state index in [4.69, 9.17) is 0 Å². The highest BCUT2D eigenvalue weighted by Gasteiger charge is 2.34. The number of fused-ring (bicyclic) bond motifs is 1. The highest BCUT2D eigenvalue weighted by molar-refractivity contribution is 7.10. The van der Waals surface area contributed by atoms with Crippen molar-refractivity contribution in [1.82, 2.24) is 9.78 Å². The molecular formula is C19H15N5OS. The van der Waals surface area contributed by atoms with Gasteiger partial charge in [0.15, 0.2) is 0 Å². The number of allylic oxidation sites excluding steroid dienone is 1. The van der Waals surface area contributed by atoms with Gasteiger partial charge < -0.3 is 10.6 Å². The van der Waals surface area contributed by atoms with Gasteiger partial charge in [-0.25, -0.2) is 4.68 Å². The molecule has 1 aliphatic rings. The fourth-order valence-corrected chi connectivity index (χ4v) is 3.88. The SMILES string of the molecule is CC1=C(C(=O)Nc2ccccc2)[C@@H](c2cccs2)n2ncc(C#N)c2N1. The van der Waals surface area contributed by atoms with Gasteiger partial charge in [-0.1, -0.05) is 24.3 Å². The molecule has 0 saturated carbocycles. The Morgan fingerprint density at radius 1 is 1.31 bits per heavy atom. The van der Waals surface area contributed by atoms with E-state index in [2.05, 4.69) is 21.8 Å². The van der Waals surface area contributed by atoms with Crippen LogP contribution in [0.1, 0.15) is 23.4 Å². The number of nitrogens with one attached hydrogen (secondary N) is 2. The molecule has 0 fully saturated rings. The molecule has 2 N–H and O–H groups in total. The van der Waals surface area contributed by atoms with Crippen molar-refractivity contribution in [3.05, 3.63) is 75.8 Å². The van der Waals surface area contributed by atoms with Crippen LogP contribution in [0.4, 0.5) is 11.5 Å².